The Morgan fingerprint density at radius 1 is 1.31 bits per heavy atom. The summed E-state index contributed by atoms with van der Waals surface area (Å²) in [7, 11) is 9.87. The third-order valence-corrected chi connectivity index (χ3v) is 3.97. The molecule has 1 heterocycles. The van der Waals surface area contributed by atoms with E-state index in [2.05, 4.69) is 66.5 Å². The van der Waals surface area contributed by atoms with Gasteiger partial charge in [0.05, 0.1) is 6.33 Å². The number of hydrogen-bond donors (Lipinski definition) is 0. The van der Waals surface area contributed by atoms with Crippen LogP contribution in [0.15, 0.2) is 72.8 Å². The van der Waals surface area contributed by atoms with E-state index in [9.17, 15) is 0 Å². The van der Waals surface area contributed by atoms with Gasteiger partial charge in [0.1, 0.15) is 0 Å². The second kappa shape index (κ2) is 12.4. The molecule has 1 aliphatic rings. The van der Waals surface area contributed by atoms with Gasteiger partial charge in [-0.2, -0.15) is 6.08 Å². The molecule has 0 saturated heterocycles. The van der Waals surface area contributed by atoms with Gasteiger partial charge in [0.15, 0.2) is 0 Å². The quantitative estimate of drug-likeness (QED) is 0.381. The van der Waals surface area contributed by atoms with E-state index in [-0.39, 0.29) is 0 Å². The monoisotopic (exact) mass is 462 g/mol. The molecule has 5 heteroatoms. The topological polar surface area (TPSA) is 17.8 Å². The minimum absolute atomic E-state index is 0.826. The van der Waals surface area contributed by atoms with Gasteiger partial charge in [-0.3, -0.25) is 6.08 Å². The first-order chi connectivity index (χ1) is 12.8. The molecule has 0 unspecified atom stereocenters. The Balaban J connectivity index is 0.000000175. The van der Waals surface area contributed by atoms with Crippen molar-refractivity contribution in [2.75, 3.05) is 0 Å². The van der Waals surface area contributed by atoms with Crippen molar-refractivity contribution in [2.24, 2.45) is 0 Å². The first-order valence-corrected chi connectivity index (χ1v) is 15.0. The van der Waals surface area contributed by atoms with Crippen LogP contribution < -0.4 is 0 Å². The van der Waals surface area contributed by atoms with Crippen LogP contribution in [0.2, 0.25) is 0 Å². The summed E-state index contributed by atoms with van der Waals surface area (Å²) in [5.74, 6) is 0. The number of fused-ring (bicyclic) bond motifs is 1. The van der Waals surface area contributed by atoms with Crippen molar-refractivity contribution in [3.8, 4) is 5.69 Å². The van der Waals surface area contributed by atoms with Gasteiger partial charge in [-0.25, -0.2) is 16.6 Å². The van der Waals surface area contributed by atoms with Gasteiger partial charge in [-0.1, -0.05) is 32.3 Å². The van der Waals surface area contributed by atoms with Crippen LogP contribution in [0.1, 0.15) is 32.6 Å². The Hall–Kier alpha value is -1.02. The van der Waals surface area contributed by atoms with Crippen molar-refractivity contribution in [3.05, 3.63) is 78.9 Å². The normalized spacial score (nSPS) is 11.9. The zero-order valence-electron chi connectivity index (χ0n) is 14.8. The van der Waals surface area contributed by atoms with Crippen molar-refractivity contribution < 1.29 is 20.8 Å². The largest absolute Gasteiger partial charge is 0.325 e. The molecule has 0 bridgehead atoms. The van der Waals surface area contributed by atoms with Crippen LogP contribution in [0.25, 0.3) is 16.5 Å². The number of aromatic nitrogens is 2. The molecule has 0 saturated carbocycles. The van der Waals surface area contributed by atoms with Crippen LogP contribution in [-0.2, 0) is 20.8 Å². The number of halogens is 2. The molecule has 1 aromatic heterocycles. The first kappa shape index (κ1) is 21.3. The van der Waals surface area contributed by atoms with Gasteiger partial charge in [-0.15, -0.1) is 47.5 Å². The summed E-state index contributed by atoms with van der Waals surface area (Å²) in [4.78, 5) is 4.03. The van der Waals surface area contributed by atoms with Crippen LogP contribution in [0.5, 0.6) is 0 Å². The molecule has 26 heavy (non-hydrogen) atoms. The molecule has 2 aromatic carbocycles. The fourth-order valence-electron chi connectivity index (χ4n) is 2.68. The molecule has 0 N–H and O–H groups in total. The summed E-state index contributed by atoms with van der Waals surface area (Å²) in [5, 5.41) is 2.55. The third-order valence-electron chi connectivity index (χ3n) is 3.97. The zero-order chi connectivity index (χ0) is 18.6. The fourth-order valence-corrected chi connectivity index (χ4v) is 2.68. The van der Waals surface area contributed by atoms with E-state index in [1.54, 1.807) is 6.20 Å². The molecule has 134 valence electrons. The Kier molecular flexibility index (Phi) is 10.1. The van der Waals surface area contributed by atoms with Crippen molar-refractivity contribution in [1.29, 1.82) is 0 Å². The Morgan fingerprint density at radius 3 is 2.73 bits per heavy atom. The van der Waals surface area contributed by atoms with Crippen molar-refractivity contribution in [2.45, 2.75) is 32.6 Å². The molecule has 0 aliphatic heterocycles. The van der Waals surface area contributed by atoms with Crippen molar-refractivity contribution >= 4 is 27.8 Å². The average Bonchev–Trinajstić information content (AvgIpc) is 3.42. The maximum atomic E-state index is 4.93. The van der Waals surface area contributed by atoms with E-state index in [1.165, 1.54) is 41.3 Å². The summed E-state index contributed by atoms with van der Waals surface area (Å²) >= 11 is -0.826. The molecule has 3 aromatic rings. The molecule has 1 aliphatic carbocycles. The van der Waals surface area contributed by atoms with E-state index in [4.69, 9.17) is 17.0 Å². The van der Waals surface area contributed by atoms with Gasteiger partial charge in [0.2, 0.25) is 0 Å². The Bertz CT molecular complexity index is 787. The number of imidazole rings is 1. The molecule has 2 nitrogen and oxygen atoms in total. The van der Waals surface area contributed by atoms with Crippen molar-refractivity contribution in [1.82, 2.24) is 9.55 Å². The predicted molar refractivity (Wildman–Crippen MR) is 108 cm³/mol. The van der Waals surface area contributed by atoms with Gasteiger partial charge in [-0.05, 0) is 5.69 Å². The molecule has 4 rings (SSSR count). The number of unbranched alkanes of at least 4 members (excludes halogenated alkanes) is 1. The standard InChI is InChI=1S/C12H9N2.C9H13.2ClH.Zr/c1-2-4-11-8-12(7-10(11)3-1)14-6-5-13-9-14;1-2-3-6-9-7-4-5-8-9;;;/h1-9H;4,7H,2-3,5-6H2,1H3;2*1H;/q2*-1;;;+4/p-2. The summed E-state index contributed by atoms with van der Waals surface area (Å²) in [5.41, 5.74) is 2.58. The zero-order valence-corrected chi connectivity index (χ0v) is 18.8. The number of hydrogen-bond acceptors (Lipinski definition) is 1. The molecule has 0 radical (unpaired) electrons. The number of nitrogens with zero attached hydrogens (tertiary/aromatic N) is 2. The average molecular weight is 465 g/mol. The van der Waals surface area contributed by atoms with E-state index >= 15 is 0 Å². The van der Waals surface area contributed by atoms with Crippen LogP contribution in [-0.4, -0.2) is 9.55 Å². The van der Waals surface area contributed by atoms with Gasteiger partial charge in [0, 0.05) is 12.4 Å². The Morgan fingerprint density at radius 2 is 2.12 bits per heavy atom. The minimum atomic E-state index is -0.826. The van der Waals surface area contributed by atoms with Crippen LogP contribution in [0, 0.1) is 6.08 Å². The maximum absolute atomic E-state index is 4.93. The van der Waals surface area contributed by atoms with E-state index < -0.39 is 20.8 Å². The Labute approximate surface area is 174 Å². The van der Waals surface area contributed by atoms with E-state index in [0.29, 0.717) is 0 Å². The molecular weight excluding hydrogens is 442 g/mol. The number of allylic oxidation sites excluding steroid dienone is 4. The number of rotatable bonds is 4. The van der Waals surface area contributed by atoms with Crippen LogP contribution >= 0.6 is 17.0 Å². The second-order valence-electron chi connectivity index (χ2n) is 5.80. The summed E-state index contributed by atoms with van der Waals surface area (Å²) < 4.78 is 2.01. The molecule has 0 fully saturated rings. The summed E-state index contributed by atoms with van der Waals surface area (Å²) in [6.45, 7) is 2.22. The van der Waals surface area contributed by atoms with E-state index in [1.807, 2.05) is 17.1 Å². The minimum Gasteiger partial charge on any atom is -0.325 e. The van der Waals surface area contributed by atoms with Gasteiger partial charge >= 0.3 is 37.9 Å². The molecule has 0 atom stereocenters. The SMILES string of the molecule is CCCCC1=[C-]CC=C1.[Cl][Zr+2][Cl].c1ccc2[cH-]c(-n3ccnc3)cc2c1. The molecular formula is C21H22Cl2N2Zr. The van der Waals surface area contributed by atoms with Crippen molar-refractivity contribution in [3.63, 3.8) is 0 Å². The maximum Gasteiger partial charge on any atom is 0.0977 e. The van der Waals surface area contributed by atoms with Gasteiger partial charge < -0.3 is 4.57 Å². The predicted octanol–water partition coefficient (Wildman–Crippen LogP) is 6.99. The fraction of sp³-hybridized carbons (Fsp3) is 0.238. The molecule has 0 amide bonds. The summed E-state index contributed by atoms with van der Waals surface area (Å²) in [6, 6.07) is 12.7. The summed E-state index contributed by atoms with van der Waals surface area (Å²) in [6.07, 6.45) is 18.1. The smallest absolute Gasteiger partial charge is 0.0977 e. The van der Waals surface area contributed by atoms with Crippen LogP contribution in [0.4, 0.5) is 0 Å². The first-order valence-electron chi connectivity index (χ1n) is 8.64. The molecule has 0 spiro atoms. The van der Waals surface area contributed by atoms with E-state index in [0.717, 1.165) is 6.42 Å². The van der Waals surface area contributed by atoms with Crippen LogP contribution in [0.3, 0.4) is 0 Å². The van der Waals surface area contributed by atoms with Gasteiger partial charge in [0.25, 0.3) is 0 Å². The second-order valence-corrected chi connectivity index (χ2v) is 9.53. The number of benzene rings is 1. The third kappa shape index (κ3) is 6.95.